The zero-order valence-corrected chi connectivity index (χ0v) is 9.56. The fraction of sp³-hybridized carbons (Fsp3) is 0.308. The lowest BCUT2D eigenvalue weighted by atomic mass is 10.0. The Morgan fingerprint density at radius 3 is 2.50 bits per heavy atom. The Balaban J connectivity index is 2.77. The Hall–Kier alpha value is -1.61. The molecule has 0 spiro atoms. The Labute approximate surface area is 95.4 Å². The first-order valence-corrected chi connectivity index (χ1v) is 5.16. The van der Waals surface area contributed by atoms with E-state index in [2.05, 4.69) is 6.58 Å². The van der Waals surface area contributed by atoms with Crippen molar-refractivity contribution in [3.63, 3.8) is 0 Å². The molecule has 0 saturated heterocycles. The number of carbonyl (C=O) groups excluding carboxylic acids is 1. The van der Waals surface area contributed by atoms with Crippen LogP contribution in [0.3, 0.4) is 0 Å². The Bertz CT molecular complexity index is 379. The van der Waals surface area contributed by atoms with E-state index >= 15 is 0 Å². The number of ether oxygens (including phenoxy) is 1. The minimum absolute atomic E-state index is 0.0608. The molecule has 0 bridgehead atoms. The summed E-state index contributed by atoms with van der Waals surface area (Å²) in [6.07, 6.45) is -1.00. The molecule has 86 valence electrons. The van der Waals surface area contributed by atoms with Gasteiger partial charge in [-0.05, 0) is 19.4 Å². The highest BCUT2D eigenvalue weighted by Crippen LogP contribution is 2.21. The van der Waals surface area contributed by atoms with Crippen LogP contribution in [-0.2, 0) is 9.53 Å². The van der Waals surface area contributed by atoms with E-state index in [0.717, 1.165) is 5.56 Å². The first-order chi connectivity index (χ1) is 7.56. The van der Waals surface area contributed by atoms with Crippen molar-refractivity contribution in [3.8, 4) is 0 Å². The summed E-state index contributed by atoms with van der Waals surface area (Å²) < 4.78 is 4.77. The lowest BCUT2D eigenvalue weighted by Gasteiger charge is -2.13. The molecule has 1 atom stereocenters. The highest BCUT2D eigenvalue weighted by molar-refractivity contribution is 5.89. The van der Waals surface area contributed by atoms with Crippen molar-refractivity contribution in [1.29, 1.82) is 0 Å². The summed E-state index contributed by atoms with van der Waals surface area (Å²) in [4.78, 5) is 11.3. The average molecular weight is 220 g/mol. The van der Waals surface area contributed by atoms with E-state index in [1.165, 1.54) is 0 Å². The Morgan fingerprint density at radius 2 is 2.00 bits per heavy atom. The number of esters is 1. The Morgan fingerprint density at radius 1 is 1.44 bits per heavy atom. The lowest BCUT2D eigenvalue weighted by molar-refractivity contribution is -0.139. The van der Waals surface area contributed by atoms with E-state index in [1.54, 1.807) is 19.1 Å². The number of aliphatic hydroxyl groups excluding tert-OH is 1. The minimum Gasteiger partial charge on any atom is -0.463 e. The van der Waals surface area contributed by atoms with Crippen molar-refractivity contribution in [2.75, 3.05) is 6.61 Å². The number of aliphatic hydroxyl groups is 1. The second kappa shape index (κ2) is 5.47. The number of aryl methyl sites for hydroxylation is 1. The van der Waals surface area contributed by atoms with Crippen molar-refractivity contribution >= 4 is 5.97 Å². The van der Waals surface area contributed by atoms with Gasteiger partial charge in [-0.2, -0.15) is 0 Å². The van der Waals surface area contributed by atoms with Gasteiger partial charge in [-0.1, -0.05) is 36.4 Å². The second-order valence-corrected chi connectivity index (χ2v) is 3.56. The highest BCUT2D eigenvalue weighted by Gasteiger charge is 2.18. The van der Waals surface area contributed by atoms with Crippen LogP contribution in [0.2, 0.25) is 0 Å². The molecule has 0 aliphatic rings. The Kier molecular flexibility index (Phi) is 4.26. The molecule has 1 N–H and O–H groups in total. The van der Waals surface area contributed by atoms with Gasteiger partial charge < -0.3 is 9.84 Å². The van der Waals surface area contributed by atoms with E-state index in [9.17, 15) is 9.90 Å². The van der Waals surface area contributed by atoms with Gasteiger partial charge in [0.2, 0.25) is 0 Å². The molecule has 0 heterocycles. The van der Waals surface area contributed by atoms with Crippen molar-refractivity contribution in [2.24, 2.45) is 0 Å². The van der Waals surface area contributed by atoms with Gasteiger partial charge in [-0.15, -0.1) is 0 Å². The summed E-state index contributed by atoms with van der Waals surface area (Å²) in [5, 5.41) is 9.88. The summed E-state index contributed by atoms with van der Waals surface area (Å²) in [6.45, 7) is 7.49. The van der Waals surface area contributed by atoms with Crippen LogP contribution >= 0.6 is 0 Å². The molecule has 0 fully saturated rings. The third-order valence-corrected chi connectivity index (χ3v) is 2.26. The molecule has 1 aromatic rings. The first kappa shape index (κ1) is 12.5. The predicted octanol–water partition coefficient (Wildman–Crippen LogP) is 2.15. The lowest BCUT2D eigenvalue weighted by Crippen LogP contribution is -2.13. The summed E-state index contributed by atoms with van der Waals surface area (Å²) in [6, 6.07) is 7.28. The smallest absolute Gasteiger partial charge is 0.336 e. The van der Waals surface area contributed by atoms with Gasteiger partial charge >= 0.3 is 5.97 Å². The average Bonchev–Trinajstić information content (AvgIpc) is 2.28. The molecular weight excluding hydrogens is 204 g/mol. The predicted molar refractivity (Wildman–Crippen MR) is 61.9 cm³/mol. The highest BCUT2D eigenvalue weighted by atomic mass is 16.5. The summed E-state index contributed by atoms with van der Waals surface area (Å²) in [7, 11) is 0. The minimum atomic E-state index is -1.00. The molecule has 3 nitrogen and oxygen atoms in total. The molecule has 0 aromatic heterocycles. The van der Waals surface area contributed by atoms with Gasteiger partial charge in [0, 0.05) is 0 Å². The zero-order chi connectivity index (χ0) is 12.1. The molecule has 1 aromatic carbocycles. The molecule has 16 heavy (non-hydrogen) atoms. The number of carbonyl (C=O) groups is 1. The van der Waals surface area contributed by atoms with E-state index < -0.39 is 12.1 Å². The number of benzene rings is 1. The molecule has 1 unspecified atom stereocenters. The van der Waals surface area contributed by atoms with Gasteiger partial charge in [-0.25, -0.2) is 4.79 Å². The van der Waals surface area contributed by atoms with Gasteiger partial charge in [0.05, 0.1) is 12.2 Å². The number of hydrogen-bond acceptors (Lipinski definition) is 3. The normalized spacial score (nSPS) is 11.9. The van der Waals surface area contributed by atoms with Crippen molar-refractivity contribution in [2.45, 2.75) is 20.0 Å². The van der Waals surface area contributed by atoms with Crippen LogP contribution < -0.4 is 0 Å². The van der Waals surface area contributed by atoms with E-state index in [1.807, 2.05) is 19.1 Å². The molecule has 1 rings (SSSR count). The number of rotatable bonds is 4. The fourth-order valence-electron chi connectivity index (χ4n) is 1.29. The molecule has 0 amide bonds. The largest absolute Gasteiger partial charge is 0.463 e. The summed E-state index contributed by atoms with van der Waals surface area (Å²) in [5.41, 5.74) is 1.80. The maximum atomic E-state index is 11.3. The zero-order valence-electron chi connectivity index (χ0n) is 9.56. The van der Waals surface area contributed by atoms with Crippen molar-refractivity contribution in [3.05, 3.63) is 47.5 Å². The SMILES string of the molecule is C=C(C(=O)OCC)C(O)c1ccc(C)cc1. The monoisotopic (exact) mass is 220 g/mol. The second-order valence-electron chi connectivity index (χ2n) is 3.56. The molecule has 0 saturated carbocycles. The van der Waals surface area contributed by atoms with Crippen LogP contribution in [0.5, 0.6) is 0 Å². The van der Waals surface area contributed by atoms with Crippen LogP contribution in [0.1, 0.15) is 24.2 Å². The maximum absolute atomic E-state index is 11.3. The van der Waals surface area contributed by atoms with Crippen molar-refractivity contribution < 1.29 is 14.6 Å². The third kappa shape index (κ3) is 2.94. The van der Waals surface area contributed by atoms with Gasteiger partial charge in [-0.3, -0.25) is 0 Å². The number of hydrogen-bond donors (Lipinski definition) is 1. The van der Waals surface area contributed by atoms with Crippen LogP contribution in [-0.4, -0.2) is 17.7 Å². The topological polar surface area (TPSA) is 46.5 Å². The van der Waals surface area contributed by atoms with E-state index in [4.69, 9.17) is 4.74 Å². The van der Waals surface area contributed by atoms with Crippen molar-refractivity contribution in [1.82, 2.24) is 0 Å². The van der Waals surface area contributed by atoms with Gasteiger partial charge in [0.25, 0.3) is 0 Å². The molecule has 0 radical (unpaired) electrons. The molecule has 0 aliphatic carbocycles. The summed E-state index contributed by atoms with van der Waals surface area (Å²) >= 11 is 0. The molecule has 3 heteroatoms. The van der Waals surface area contributed by atoms with Crippen LogP contribution in [0, 0.1) is 6.92 Å². The maximum Gasteiger partial charge on any atom is 0.336 e. The van der Waals surface area contributed by atoms with Crippen LogP contribution in [0.4, 0.5) is 0 Å². The molecule has 0 aliphatic heterocycles. The molecular formula is C13H16O3. The van der Waals surface area contributed by atoms with E-state index in [0.29, 0.717) is 5.56 Å². The van der Waals surface area contributed by atoms with E-state index in [-0.39, 0.29) is 12.2 Å². The quantitative estimate of drug-likeness (QED) is 0.624. The summed E-state index contributed by atoms with van der Waals surface area (Å²) in [5.74, 6) is -0.560. The first-order valence-electron chi connectivity index (χ1n) is 5.16. The standard InChI is InChI=1S/C13H16O3/c1-4-16-13(15)10(3)12(14)11-7-5-9(2)6-8-11/h5-8,12,14H,3-4H2,1-2H3. The van der Waals surface area contributed by atoms with Gasteiger partial charge in [0.15, 0.2) is 0 Å². The fourth-order valence-corrected chi connectivity index (χ4v) is 1.29. The third-order valence-electron chi connectivity index (χ3n) is 2.26. The van der Waals surface area contributed by atoms with Crippen LogP contribution in [0.25, 0.3) is 0 Å². The van der Waals surface area contributed by atoms with Crippen LogP contribution in [0.15, 0.2) is 36.4 Å². The van der Waals surface area contributed by atoms with Gasteiger partial charge in [0.1, 0.15) is 6.10 Å².